The van der Waals surface area contributed by atoms with Crippen LogP contribution in [-0.4, -0.2) is 18.5 Å². The molecule has 0 aliphatic heterocycles. The van der Waals surface area contributed by atoms with Crippen LogP contribution < -0.4 is 10.2 Å². The molecule has 0 unspecified atom stereocenters. The highest BCUT2D eigenvalue weighted by atomic mass is 19.1. The second-order valence-electron chi connectivity index (χ2n) is 3.57. The summed E-state index contributed by atoms with van der Waals surface area (Å²) in [5.41, 5.74) is 0.565. The Balaban J connectivity index is 2.66. The smallest absolute Gasteiger partial charge is 0.320 e. The summed E-state index contributed by atoms with van der Waals surface area (Å²) in [5, 5.41) is 9.25. The molecule has 0 aliphatic carbocycles. The maximum atomic E-state index is 13.4. The van der Waals surface area contributed by atoms with Crippen LogP contribution in [0.15, 0.2) is 18.2 Å². The van der Waals surface area contributed by atoms with Gasteiger partial charge in [-0.1, -0.05) is 26.2 Å². The van der Waals surface area contributed by atoms with Crippen LogP contribution in [0.2, 0.25) is 6.82 Å². The molecule has 82 valence electrons. The number of benzene rings is 1. The molecule has 4 heteroatoms. The van der Waals surface area contributed by atoms with Crippen molar-refractivity contribution in [3.8, 4) is 5.75 Å². The van der Waals surface area contributed by atoms with Crippen LogP contribution >= 0.6 is 0 Å². The van der Waals surface area contributed by atoms with E-state index in [0.29, 0.717) is 12.1 Å². The van der Waals surface area contributed by atoms with Gasteiger partial charge < -0.3 is 9.76 Å². The predicted octanol–water partition coefficient (Wildman–Crippen LogP) is 1.83. The largest absolute Gasteiger partial charge is 0.491 e. The Hall–Kier alpha value is -1.03. The summed E-state index contributed by atoms with van der Waals surface area (Å²) in [6, 6.07) is 4.55. The normalized spacial score (nSPS) is 10.1. The van der Waals surface area contributed by atoms with Crippen molar-refractivity contribution in [2.24, 2.45) is 0 Å². The summed E-state index contributed by atoms with van der Waals surface area (Å²) in [7, 11) is 0. The van der Waals surface area contributed by atoms with E-state index in [9.17, 15) is 9.41 Å². The maximum absolute atomic E-state index is 13.4. The highest BCUT2D eigenvalue weighted by Gasteiger charge is 2.10. The molecule has 0 amide bonds. The molecule has 0 bridgehead atoms. The Kier molecular flexibility index (Phi) is 4.62. The van der Waals surface area contributed by atoms with Crippen LogP contribution in [0.4, 0.5) is 4.39 Å². The fraction of sp³-hybridized carbons (Fsp3) is 0.455. The number of hydrogen-bond donors (Lipinski definition) is 1. The highest BCUT2D eigenvalue weighted by Crippen LogP contribution is 2.15. The first-order valence-corrected chi connectivity index (χ1v) is 5.25. The van der Waals surface area contributed by atoms with E-state index < -0.39 is 12.7 Å². The Bertz CT molecular complexity index is 315. The summed E-state index contributed by atoms with van der Waals surface area (Å²) in [6.07, 6.45) is 1.94. The van der Waals surface area contributed by atoms with Gasteiger partial charge in [-0.15, -0.1) is 0 Å². The first-order chi connectivity index (χ1) is 7.15. The topological polar surface area (TPSA) is 29.5 Å². The standard InChI is InChI=1S/C11H16BFO2/c1-3-4-7-15-11-6-5-9(12(2)14)8-10(11)13/h5-6,8,14H,3-4,7H2,1-2H3. The fourth-order valence-corrected chi connectivity index (χ4v) is 1.22. The minimum atomic E-state index is -0.649. The predicted molar refractivity (Wildman–Crippen MR) is 60.3 cm³/mol. The third-order valence-corrected chi connectivity index (χ3v) is 2.19. The van der Waals surface area contributed by atoms with E-state index in [0.717, 1.165) is 12.8 Å². The van der Waals surface area contributed by atoms with Crippen LogP contribution in [0.25, 0.3) is 0 Å². The number of rotatable bonds is 5. The van der Waals surface area contributed by atoms with Gasteiger partial charge in [0.25, 0.3) is 0 Å². The molecule has 2 nitrogen and oxygen atoms in total. The lowest BCUT2D eigenvalue weighted by atomic mass is 9.64. The van der Waals surface area contributed by atoms with Crippen molar-refractivity contribution >= 4 is 12.4 Å². The molecule has 15 heavy (non-hydrogen) atoms. The van der Waals surface area contributed by atoms with E-state index in [-0.39, 0.29) is 5.75 Å². The average molecular weight is 210 g/mol. The third kappa shape index (κ3) is 3.55. The highest BCUT2D eigenvalue weighted by molar-refractivity contribution is 6.64. The lowest BCUT2D eigenvalue weighted by Gasteiger charge is -2.08. The second-order valence-corrected chi connectivity index (χ2v) is 3.57. The van der Waals surface area contributed by atoms with Gasteiger partial charge in [0, 0.05) is 0 Å². The molecule has 0 radical (unpaired) electrons. The minimum Gasteiger partial charge on any atom is -0.491 e. The van der Waals surface area contributed by atoms with Crippen molar-refractivity contribution in [2.75, 3.05) is 6.61 Å². The summed E-state index contributed by atoms with van der Waals surface area (Å²) in [4.78, 5) is 0. The SMILES string of the molecule is CCCCOc1ccc(B(C)O)cc1F. The van der Waals surface area contributed by atoms with Crippen LogP contribution in [0, 0.1) is 5.82 Å². The van der Waals surface area contributed by atoms with Gasteiger partial charge in [0.15, 0.2) is 11.6 Å². The molecule has 1 rings (SSSR count). The summed E-state index contributed by atoms with van der Waals surface area (Å²) >= 11 is 0. The van der Waals surface area contributed by atoms with E-state index in [4.69, 9.17) is 4.74 Å². The molecular weight excluding hydrogens is 194 g/mol. The van der Waals surface area contributed by atoms with Gasteiger partial charge in [-0.3, -0.25) is 0 Å². The van der Waals surface area contributed by atoms with Gasteiger partial charge in [0.1, 0.15) is 0 Å². The first kappa shape index (κ1) is 12.0. The average Bonchev–Trinajstić information content (AvgIpc) is 2.20. The van der Waals surface area contributed by atoms with Crippen LogP contribution in [0.3, 0.4) is 0 Å². The van der Waals surface area contributed by atoms with E-state index >= 15 is 0 Å². The van der Waals surface area contributed by atoms with E-state index in [1.54, 1.807) is 19.0 Å². The van der Waals surface area contributed by atoms with Crippen molar-refractivity contribution < 1.29 is 14.2 Å². The molecule has 0 aliphatic rings. The van der Waals surface area contributed by atoms with Gasteiger partial charge in [0.2, 0.25) is 0 Å². The Morgan fingerprint density at radius 1 is 1.47 bits per heavy atom. The van der Waals surface area contributed by atoms with Crippen molar-refractivity contribution in [3.63, 3.8) is 0 Å². The zero-order chi connectivity index (χ0) is 11.3. The molecule has 0 heterocycles. The molecule has 0 fully saturated rings. The van der Waals surface area contributed by atoms with Crippen molar-refractivity contribution in [1.82, 2.24) is 0 Å². The number of hydrogen-bond acceptors (Lipinski definition) is 2. The second kappa shape index (κ2) is 5.76. The summed E-state index contributed by atoms with van der Waals surface area (Å²) in [6.45, 7) is 3.54. The van der Waals surface area contributed by atoms with Gasteiger partial charge in [-0.2, -0.15) is 0 Å². The van der Waals surface area contributed by atoms with E-state index in [2.05, 4.69) is 6.92 Å². The zero-order valence-corrected chi connectivity index (χ0v) is 9.16. The molecule has 1 N–H and O–H groups in total. The van der Waals surface area contributed by atoms with Crippen molar-refractivity contribution in [1.29, 1.82) is 0 Å². The number of halogens is 1. The van der Waals surface area contributed by atoms with Crippen LogP contribution in [0.5, 0.6) is 5.75 Å². The fourth-order valence-electron chi connectivity index (χ4n) is 1.22. The molecule has 1 aromatic rings. The van der Waals surface area contributed by atoms with E-state index in [1.165, 1.54) is 6.07 Å². The molecule has 0 atom stereocenters. The van der Waals surface area contributed by atoms with Crippen LogP contribution in [-0.2, 0) is 0 Å². The van der Waals surface area contributed by atoms with Crippen LogP contribution in [0.1, 0.15) is 19.8 Å². The Labute approximate surface area is 90.2 Å². The van der Waals surface area contributed by atoms with Crippen molar-refractivity contribution in [2.45, 2.75) is 26.6 Å². The molecule has 0 spiro atoms. The Morgan fingerprint density at radius 2 is 2.20 bits per heavy atom. The molecule has 0 saturated heterocycles. The monoisotopic (exact) mass is 210 g/mol. The lowest BCUT2D eigenvalue weighted by Crippen LogP contribution is -2.26. The number of ether oxygens (including phenoxy) is 1. The van der Waals surface area contributed by atoms with Gasteiger partial charge in [-0.05, 0) is 24.0 Å². The maximum Gasteiger partial charge on any atom is 0.320 e. The van der Waals surface area contributed by atoms with Gasteiger partial charge in [-0.25, -0.2) is 4.39 Å². The van der Waals surface area contributed by atoms with Gasteiger partial charge in [0.05, 0.1) is 6.61 Å². The summed E-state index contributed by atoms with van der Waals surface area (Å²) < 4.78 is 18.7. The number of unbranched alkanes of at least 4 members (excludes halogenated alkanes) is 1. The quantitative estimate of drug-likeness (QED) is 0.593. The zero-order valence-electron chi connectivity index (χ0n) is 9.16. The molecule has 0 saturated carbocycles. The first-order valence-electron chi connectivity index (χ1n) is 5.25. The van der Waals surface area contributed by atoms with Crippen molar-refractivity contribution in [3.05, 3.63) is 24.0 Å². The molecular formula is C11H16BFO2. The molecule has 0 aromatic heterocycles. The van der Waals surface area contributed by atoms with Gasteiger partial charge >= 0.3 is 6.92 Å². The lowest BCUT2D eigenvalue weighted by molar-refractivity contribution is 0.294. The Morgan fingerprint density at radius 3 is 2.73 bits per heavy atom. The minimum absolute atomic E-state index is 0.257. The molecule has 1 aromatic carbocycles. The summed E-state index contributed by atoms with van der Waals surface area (Å²) in [5.74, 6) is -0.155. The third-order valence-electron chi connectivity index (χ3n) is 2.19. The van der Waals surface area contributed by atoms with E-state index in [1.807, 2.05) is 0 Å².